The van der Waals surface area contributed by atoms with Crippen LogP contribution < -0.4 is 14.8 Å². The zero-order valence-electron chi connectivity index (χ0n) is 16.4. The number of esters is 1. The fraction of sp³-hybridized carbons (Fsp3) is 0.190. The van der Waals surface area contributed by atoms with Crippen LogP contribution in [0.3, 0.4) is 0 Å². The van der Waals surface area contributed by atoms with Crippen LogP contribution in [0, 0.1) is 18.3 Å². The minimum absolute atomic E-state index is 0.132. The van der Waals surface area contributed by atoms with Crippen LogP contribution in [0.15, 0.2) is 35.9 Å². The van der Waals surface area contributed by atoms with Gasteiger partial charge < -0.3 is 19.5 Å². The highest BCUT2D eigenvalue weighted by Crippen LogP contribution is 2.37. The highest BCUT2D eigenvalue weighted by atomic mass is 35.5. The quantitative estimate of drug-likeness (QED) is 0.382. The maximum atomic E-state index is 12.5. The molecule has 2 aromatic carbocycles. The lowest BCUT2D eigenvalue weighted by Gasteiger charge is -2.13. The van der Waals surface area contributed by atoms with Crippen molar-refractivity contribution in [1.82, 2.24) is 0 Å². The fourth-order valence-electron chi connectivity index (χ4n) is 2.40. The topological polar surface area (TPSA) is 97.7 Å². The van der Waals surface area contributed by atoms with E-state index in [-0.39, 0.29) is 28.7 Å². The van der Waals surface area contributed by atoms with Gasteiger partial charge >= 0.3 is 5.97 Å². The first kappa shape index (κ1) is 23.1. The average Bonchev–Trinajstić information content (AvgIpc) is 2.73. The van der Waals surface area contributed by atoms with Crippen LogP contribution in [-0.2, 0) is 14.3 Å². The monoisotopic (exact) mass is 448 g/mol. The Morgan fingerprint density at radius 1 is 1.20 bits per heavy atom. The van der Waals surface area contributed by atoms with Crippen molar-refractivity contribution in [1.29, 1.82) is 5.26 Å². The first-order valence-corrected chi connectivity index (χ1v) is 9.31. The standard InChI is InChI=1S/C21H18Cl2N2O5/c1-12-15(22)5-4-6-17(12)25-21(27)14(10-24)7-13-8-16(23)20(18(9-13)28-2)30-11-19(26)29-3/h4-9H,11H2,1-3H3,(H,25,27)/b14-7-. The first-order chi connectivity index (χ1) is 14.3. The molecular weight excluding hydrogens is 431 g/mol. The van der Waals surface area contributed by atoms with Crippen molar-refractivity contribution in [3.05, 3.63) is 57.1 Å². The SMILES string of the molecule is COC(=O)COc1c(Cl)cc(/C=C(/C#N)C(=O)Nc2cccc(Cl)c2C)cc1OC. The molecule has 0 spiro atoms. The van der Waals surface area contributed by atoms with Gasteiger partial charge in [0, 0.05) is 10.7 Å². The molecule has 0 bridgehead atoms. The third-order valence-corrected chi connectivity index (χ3v) is 4.70. The molecule has 0 aliphatic carbocycles. The van der Waals surface area contributed by atoms with E-state index in [2.05, 4.69) is 10.1 Å². The number of rotatable bonds is 7. The number of nitrogens with zero attached hydrogens (tertiary/aromatic N) is 1. The van der Waals surface area contributed by atoms with E-state index in [1.165, 1.54) is 32.4 Å². The summed E-state index contributed by atoms with van der Waals surface area (Å²) in [6.07, 6.45) is 1.35. The molecule has 0 heterocycles. The van der Waals surface area contributed by atoms with E-state index in [4.69, 9.17) is 32.7 Å². The normalized spacial score (nSPS) is 10.7. The molecule has 0 aliphatic rings. The molecular formula is C21H18Cl2N2O5. The maximum Gasteiger partial charge on any atom is 0.343 e. The molecule has 0 atom stereocenters. The van der Waals surface area contributed by atoms with E-state index < -0.39 is 11.9 Å². The number of carbonyl (C=O) groups is 2. The minimum Gasteiger partial charge on any atom is -0.493 e. The van der Waals surface area contributed by atoms with Gasteiger partial charge in [0.15, 0.2) is 18.1 Å². The lowest BCUT2D eigenvalue weighted by atomic mass is 10.1. The van der Waals surface area contributed by atoms with E-state index >= 15 is 0 Å². The Hall–Kier alpha value is -3.21. The summed E-state index contributed by atoms with van der Waals surface area (Å²) in [4.78, 5) is 23.8. The van der Waals surface area contributed by atoms with Crippen LogP contribution in [0.2, 0.25) is 10.0 Å². The Labute approximate surface area is 183 Å². The summed E-state index contributed by atoms with van der Waals surface area (Å²) < 4.78 is 15.1. The number of hydrogen-bond acceptors (Lipinski definition) is 6. The minimum atomic E-state index is -0.607. The van der Waals surface area contributed by atoms with Crippen LogP contribution in [-0.4, -0.2) is 32.7 Å². The second-order valence-electron chi connectivity index (χ2n) is 5.94. The average molecular weight is 449 g/mol. The van der Waals surface area contributed by atoms with Crippen LogP contribution in [0.25, 0.3) is 6.08 Å². The number of carbonyl (C=O) groups excluding carboxylic acids is 2. The highest BCUT2D eigenvalue weighted by molar-refractivity contribution is 6.32. The van der Waals surface area contributed by atoms with Gasteiger partial charge in [0.05, 0.1) is 19.2 Å². The molecule has 2 rings (SSSR count). The summed E-state index contributed by atoms with van der Waals surface area (Å²) >= 11 is 12.3. The lowest BCUT2D eigenvalue weighted by Crippen LogP contribution is -2.14. The Kier molecular flexibility index (Phi) is 8.10. The van der Waals surface area contributed by atoms with E-state index in [0.717, 1.165) is 0 Å². The summed E-state index contributed by atoms with van der Waals surface area (Å²) in [7, 11) is 2.63. The number of hydrogen-bond donors (Lipinski definition) is 1. The molecule has 0 saturated heterocycles. The number of ether oxygens (including phenoxy) is 3. The van der Waals surface area contributed by atoms with Crippen molar-refractivity contribution in [2.75, 3.05) is 26.1 Å². The van der Waals surface area contributed by atoms with Gasteiger partial charge in [-0.25, -0.2) is 4.79 Å². The van der Waals surface area contributed by atoms with Crippen LogP contribution in [0.5, 0.6) is 11.5 Å². The molecule has 0 unspecified atom stereocenters. The molecule has 156 valence electrons. The largest absolute Gasteiger partial charge is 0.493 e. The van der Waals surface area contributed by atoms with Crippen molar-refractivity contribution >= 4 is 46.8 Å². The van der Waals surface area contributed by atoms with E-state index in [9.17, 15) is 14.9 Å². The Balaban J connectivity index is 2.31. The number of nitrogens with one attached hydrogen (secondary N) is 1. The van der Waals surface area contributed by atoms with Crippen LogP contribution in [0.1, 0.15) is 11.1 Å². The number of benzene rings is 2. The summed E-state index contributed by atoms with van der Waals surface area (Å²) in [5.74, 6) is -0.832. The predicted molar refractivity (Wildman–Crippen MR) is 114 cm³/mol. The van der Waals surface area contributed by atoms with Gasteiger partial charge in [-0.05, 0) is 48.4 Å². The Morgan fingerprint density at radius 2 is 1.93 bits per heavy atom. The smallest absolute Gasteiger partial charge is 0.343 e. The number of amides is 1. The molecule has 0 saturated carbocycles. The van der Waals surface area contributed by atoms with Gasteiger partial charge in [-0.3, -0.25) is 4.79 Å². The number of nitriles is 1. The van der Waals surface area contributed by atoms with Crippen LogP contribution in [0.4, 0.5) is 5.69 Å². The predicted octanol–water partition coefficient (Wildman–Crippen LogP) is 4.41. The summed E-state index contributed by atoms with van der Waals surface area (Å²) in [6.45, 7) is 1.40. The number of anilines is 1. The Bertz CT molecular complexity index is 1040. The molecule has 30 heavy (non-hydrogen) atoms. The molecule has 9 heteroatoms. The van der Waals surface area contributed by atoms with Crippen molar-refractivity contribution in [2.24, 2.45) is 0 Å². The van der Waals surface area contributed by atoms with Gasteiger partial charge in [0.1, 0.15) is 11.6 Å². The summed E-state index contributed by atoms with van der Waals surface area (Å²) in [5.41, 5.74) is 1.45. The van der Waals surface area contributed by atoms with Gasteiger partial charge in [-0.2, -0.15) is 5.26 Å². The molecule has 1 N–H and O–H groups in total. The van der Waals surface area contributed by atoms with Crippen LogP contribution >= 0.6 is 23.2 Å². The first-order valence-electron chi connectivity index (χ1n) is 8.56. The van der Waals surface area contributed by atoms with Gasteiger partial charge in [-0.15, -0.1) is 0 Å². The molecule has 1 amide bonds. The van der Waals surface area contributed by atoms with E-state index in [0.29, 0.717) is 21.8 Å². The zero-order valence-corrected chi connectivity index (χ0v) is 17.9. The van der Waals surface area contributed by atoms with Gasteiger partial charge in [-0.1, -0.05) is 29.3 Å². The maximum absolute atomic E-state index is 12.5. The fourth-order valence-corrected chi connectivity index (χ4v) is 2.85. The highest BCUT2D eigenvalue weighted by Gasteiger charge is 2.16. The number of methoxy groups -OCH3 is 2. The molecule has 0 aromatic heterocycles. The summed E-state index contributed by atoms with van der Waals surface area (Å²) in [5, 5.41) is 12.7. The number of halogens is 2. The second kappa shape index (κ2) is 10.5. The van der Waals surface area contributed by atoms with Crippen molar-refractivity contribution in [3.63, 3.8) is 0 Å². The van der Waals surface area contributed by atoms with Gasteiger partial charge in [0.2, 0.25) is 0 Å². The second-order valence-corrected chi connectivity index (χ2v) is 6.75. The van der Waals surface area contributed by atoms with Gasteiger partial charge in [0.25, 0.3) is 5.91 Å². The zero-order chi connectivity index (χ0) is 22.3. The van der Waals surface area contributed by atoms with Crippen molar-refractivity contribution in [2.45, 2.75) is 6.92 Å². The van der Waals surface area contributed by atoms with E-state index in [1.807, 2.05) is 6.07 Å². The van der Waals surface area contributed by atoms with E-state index in [1.54, 1.807) is 25.1 Å². The van der Waals surface area contributed by atoms with Crippen molar-refractivity contribution < 1.29 is 23.8 Å². The molecule has 0 fully saturated rings. The van der Waals surface area contributed by atoms with Crippen molar-refractivity contribution in [3.8, 4) is 17.6 Å². The Morgan fingerprint density at radius 3 is 2.57 bits per heavy atom. The lowest BCUT2D eigenvalue weighted by molar-refractivity contribution is -0.142. The molecule has 0 radical (unpaired) electrons. The third-order valence-electron chi connectivity index (χ3n) is 4.01. The summed E-state index contributed by atoms with van der Waals surface area (Å²) in [6, 6.07) is 9.94. The third kappa shape index (κ3) is 5.66. The molecule has 0 aliphatic heterocycles. The molecule has 2 aromatic rings. The molecule has 7 nitrogen and oxygen atoms in total.